The van der Waals surface area contributed by atoms with Crippen molar-refractivity contribution in [1.29, 1.82) is 0 Å². The summed E-state index contributed by atoms with van der Waals surface area (Å²) in [6.45, 7) is 0. The molecular weight excluding hydrogens is 436 g/mol. The third-order valence-corrected chi connectivity index (χ3v) is 6.48. The van der Waals surface area contributed by atoms with Gasteiger partial charge in [-0.2, -0.15) is 17.2 Å². The summed E-state index contributed by atoms with van der Waals surface area (Å²) in [4.78, 5) is 12.5. The van der Waals surface area contributed by atoms with E-state index in [4.69, 9.17) is 9.47 Å². The average Bonchev–Trinajstić information content (AvgIpc) is 2.72. The van der Waals surface area contributed by atoms with Gasteiger partial charge in [-0.3, -0.25) is 0 Å². The van der Waals surface area contributed by atoms with Crippen molar-refractivity contribution in [3.63, 3.8) is 0 Å². The van der Waals surface area contributed by atoms with E-state index in [0.29, 0.717) is 18.4 Å². The molecular formula is C22H27F2O3Rb. The Morgan fingerprint density at radius 2 is 1.68 bits per heavy atom. The van der Waals surface area contributed by atoms with E-state index in [9.17, 15) is 13.6 Å². The minimum atomic E-state index is -1.02. The van der Waals surface area contributed by atoms with Crippen LogP contribution in [-0.2, 0) is 16.0 Å². The predicted octanol–water partition coefficient (Wildman–Crippen LogP) is 2.16. The van der Waals surface area contributed by atoms with E-state index in [0.717, 1.165) is 43.6 Å². The third kappa shape index (κ3) is 5.25. The van der Waals surface area contributed by atoms with Crippen LogP contribution in [0.2, 0.25) is 0 Å². The zero-order chi connectivity index (χ0) is 18.8. The monoisotopic (exact) mass is 462 g/mol. The number of carbonyl (C=O) groups is 1. The van der Waals surface area contributed by atoms with Crippen molar-refractivity contribution >= 4 is 5.97 Å². The summed E-state index contributed by atoms with van der Waals surface area (Å²) >= 11 is 0. The molecule has 0 N–H and O–H groups in total. The van der Waals surface area contributed by atoms with Crippen LogP contribution in [-0.4, -0.2) is 18.2 Å². The summed E-state index contributed by atoms with van der Waals surface area (Å²) in [5.41, 5.74) is 0.600. The normalized spacial score (nSPS) is 27.9. The number of hydrogen-bond donors (Lipinski definition) is 0. The number of hydrogen-bond acceptors (Lipinski definition) is 3. The van der Waals surface area contributed by atoms with Gasteiger partial charge in [0, 0.05) is 0 Å². The molecule has 1 aromatic carbocycles. The third-order valence-electron chi connectivity index (χ3n) is 6.48. The van der Waals surface area contributed by atoms with Crippen molar-refractivity contribution < 1.29 is 81.2 Å². The largest absolute Gasteiger partial charge is 1.00 e. The first-order chi connectivity index (χ1) is 13.1. The smallest absolute Gasteiger partial charge is 0.475 e. The number of carbonyl (C=O) groups excluding carboxylic acids is 1. The second kappa shape index (κ2) is 10.5. The summed E-state index contributed by atoms with van der Waals surface area (Å²) in [5.74, 6) is -0.982. The second-order valence-corrected chi connectivity index (χ2v) is 8.17. The van der Waals surface area contributed by atoms with Crippen molar-refractivity contribution in [3.8, 4) is 5.75 Å². The van der Waals surface area contributed by atoms with Crippen molar-refractivity contribution in [2.75, 3.05) is 0 Å². The van der Waals surface area contributed by atoms with Crippen LogP contribution < -0.4 is 62.9 Å². The van der Waals surface area contributed by atoms with Crippen LogP contribution in [0.25, 0.3) is 0 Å². The van der Waals surface area contributed by atoms with Crippen molar-refractivity contribution in [2.45, 2.75) is 76.4 Å². The fraction of sp³-hybridized carbons (Fsp3) is 0.636. The van der Waals surface area contributed by atoms with Gasteiger partial charge in [0.25, 0.3) is 0 Å². The molecule has 2 saturated carbocycles. The number of aryl methyl sites for hydroxylation is 1. The molecule has 148 valence electrons. The zero-order valence-electron chi connectivity index (χ0n) is 16.6. The van der Waals surface area contributed by atoms with E-state index in [1.807, 2.05) is 0 Å². The van der Waals surface area contributed by atoms with E-state index in [-0.39, 0.29) is 70.0 Å². The molecule has 2 fully saturated rings. The Kier molecular flexibility index (Phi) is 8.52. The topological polar surface area (TPSA) is 35.5 Å². The van der Waals surface area contributed by atoms with Gasteiger partial charge >= 0.3 is 64.2 Å². The van der Waals surface area contributed by atoms with E-state index < -0.39 is 23.7 Å². The quantitative estimate of drug-likeness (QED) is 0.510. The zero-order valence-corrected chi connectivity index (χ0v) is 21.5. The van der Waals surface area contributed by atoms with Gasteiger partial charge in [-0.25, -0.2) is 9.18 Å². The molecule has 3 aliphatic rings. The minimum absolute atomic E-state index is 0. The maximum absolute atomic E-state index is 13.9. The SMILES string of the molecule is O=C(OC1CCC(C2CC[CH-]CC2)CC1)C1CCc2ccc(F)c(F)c2O1.[Rb+]. The number of ether oxygens (including phenoxy) is 2. The van der Waals surface area contributed by atoms with Gasteiger partial charge in [0.1, 0.15) is 6.10 Å². The van der Waals surface area contributed by atoms with E-state index in [2.05, 4.69) is 6.42 Å². The Bertz CT molecular complexity index is 683. The van der Waals surface area contributed by atoms with Crippen LogP contribution in [0.4, 0.5) is 8.78 Å². The Labute approximate surface area is 214 Å². The Morgan fingerprint density at radius 1 is 1.00 bits per heavy atom. The summed E-state index contributed by atoms with van der Waals surface area (Å²) < 4.78 is 38.5. The number of halogens is 2. The number of esters is 1. The van der Waals surface area contributed by atoms with Gasteiger partial charge < -0.3 is 15.9 Å². The van der Waals surface area contributed by atoms with Gasteiger partial charge in [-0.05, 0) is 62.0 Å². The molecule has 1 aliphatic heterocycles. The Balaban J connectivity index is 0.00000225. The first-order valence-corrected chi connectivity index (χ1v) is 10.3. The molecule has 6 heteroatoms. The van der Waals surface area contributed by atoms with Crippen molar-refractivity contribution in [1.82, 2.24) is 0 Å². The van der Waals surface area contributed by atoms with Gasteiger partial charge in [-0.1, -0.05) is 18.9 Å². The van der Waals surface area contributed by atoms with Gasteiger partial charge in [-0.15, -0.1) is 0 Å². The molecule has 0 amide bonds. The van der Waals surface area contributed by atoms with Crippen LogP contribution in [0.1, 0.15) is 63.4 Å². The second-order valence-electron chi connectivity index (χ2n) is 8.17. The molecule has 0 bridgehead atoms. The summed E-state index contributed by atoms with van der Waals surface area (Å²) in [7, 11) is 0. The molecule has 1 heterocycles. The number of benzene rings is 1. The Hall–Kier alpha value is 0.155. The summed E-state index contributed by atoms with van der Waals surface area (Å²) in [6, 6.07) is 2.61. The first-order valence-electron chi connectivity index (χ1n) is 10.3. The van der Waals surface area contributed by atoms with Crippen LogP contribution >= 0.6 is 0 Å². The number of rotatable bonds is 3. The van der Waals surface area contributed by atoms with Crippen LogP contribution in [0.15, 0.2) is 12.1 Å². The minimum Gasteiger partial charge on any atom is -0.475 e. The number of fused-ring (bicyclic) bond motifs is 1. The van der Waals surface area contributed by atoms with E-state index in [1.165, 1.54) is 31.7 Å². The van der Waals surface area contributed by atoms with Crippen molar-refractivity contribution in [3.05, 3.63) is 35.8 Å². The van der Waals surface area contributed by atoms with E-state index >= 15 is 0 Å². The van der Waals surface area contributed by atoms with Crippen molar-refractivity contribution in [2.24, 2.45) is 11.8 Å². The molecule has 0 aromatic heterocycles. The van der Waals surface area contributed by atoms with Crippen LogP contribution in [0, 0.1) is 29.9 Å². The maximum atomic E-state index is 13.9. The van der Waals surface area contributed by atoms with E-state index in [1.54, 1.807) is 0 Å². The fourth-order valence-electron chi connectivity index (χ4n) is 4.89. The van der Waals surface area contributed by atoms with Gasteiger partial charge in [0.2, 0.25) is 5.82 Å². The molecule has 0 radical (unpaired) electrons. The molecule has 3 nitrogen and oxygen atoms in total. The molecule has 2 aliphatic carbocycles. The summed E-state index contributed by atoms with van der Waals surface area (Å²) in [6.07, 6.45) is 11.4. The van der Waals surface area contributed by atoms with Crippen LogP contribution in [0.5, 0.6) is 5.75 Å². The van der Waals surface area contributed by atoms with Crippen LogP contribution in [0.3, 0.4) is 0 Å². The average molecular weight is 463 g/mol. The Morgan fingerprint density at radius 3 is 2.39 bits per heavy atom. The summed E-state index contributed by atoms with van der Waals surface area (Å²) in [5, 5.41) is 0. The molecule has 28 heavy (non-hydrogen) atoms. The van der Waals surface area contributed by atoms with Gasteiger partial charge in [0.15, 0.2) is 17.7 Å². The molecule has 4 rings (SSSR count). The maximum Gasteiger partial charge on any atom is 1.00 e. The molecule has 1 aromatic rings. The molecule has 1 atom stereocenters. The molecule has 1 unspecified atom stereocenters. The molecule has 0 saturated heterocycles. The van der Waals surface area contributed by atoms with Gasteiger partial charge in [0.05, 0.1) is 0 Å². The predicted molar refractivity (Wildman–Crippen MR) is 97.2 cm³/mol. The fourth-order valence-corrected chi connectivity index (χ4v) is 4.89. The standard InChI is InChI=1S/C22H27F2O3.Rb/c23-18-12-8-16-9-13-19(27-21(16)20(18)24)22(25)26-17-10-6-15(7-11-17)14-4-2-1-3-5-14;/h1,8,12,14-15,17,19H,2-7,9-11,13H2;/q-1;+1. The molecule has 0 spiro atoms. The first kappa shape index (κ1) is 22.8.